The lowest BCUT2D eigenvalue weighted by Gasteiger charge is -2.32. The van der Waals surface area contributed by atoms with Crippen LogP contribution in [-0.4, -0.2) is 59.3 Å². The summed E-state index contributed by atoms with van der Waals surface area (Å²) in [7, 11) is 5.18. The molecule has 1 aliphatic heterocycles. The molecule has 1 fully saturated rings. The third-order valence-corrected chi connectivity index (χ3v) is 7.85. The van der Waals surface area contributed by atoms with Crippen molar-refractivity contribution in [2.24, 2.45) is 13.0 Å². The smallest absolute Gasteiger partial charge is 0.228 e. The number of nitrogens with zero attached hydrogens (tertiary/aromatic N) is 5. The Balaban J connectivity index is 1.20. The zero-order chi connectivity index (χ0) is 26.9. The summed E-state index contributed by atoms with van der Waals surface area (Å²) in [5.74, 6) is 2.39. The first-order chi connectivity index (χ1) is 19.0. The SMILES string of the molecule is COc1ccc(Nc2nc(N3CCCC(C(=O)NC4C=c5[nH][n+](C)cc5=CC4)C3)nc3scnc23)cc1OC. The molecule has 2 unspecified atom stereocenters. The molecule has 0 saturated carbocycles. The molecule has 2 aliphatic rings. The molecule has 1 saturated heterocycles. The molecule has 0 spiro atoms. The Hall–Kier alpha value is -4.19. The van der Waals surface area contributed by atoms with Gasteiger partial charge in [0.05, 0.1) is 36.9 Å². The van der Waals surface area contributed by atoms with Crippen LogP contribution in [-0.2, 0) is 11.8 Å². The largest absolute Gasteiger partial charge is 0.493 e. The van der Waals surface area contributed by atoms with Crippen molar-refractivity contribution in [1.29, 1.82) is 0 Å². The van der Waals surface area contributed by atoms with Crippen molar-refractivity contribution in [3.8, 4) is 11.5 Å². The van der Waals surface area contributed by atoms with Gasteiger partial charge in [0.2, 0.25) is 18.1 Å². The minimum absolute atomic E-state index is 0.0267. The summed E-state index contributed by atoms with van der Waals surface area (Å²) >= 11 is 1.47. The fraction of sp³-hybridized carbons (Fsp3) is 0.370. The van der Waals surface area contributed by atoms with Crippen LogP contribution in [0.25, 0.3) is 22.5 Å². The summed E-state index contributed by atoms with van der Waals surface area (Å²) in [5, 5.41) is 12.1. The van der Waals surface area contributed by atoms with Gasteiger partial charge in [0.15, 0.2) is 29.2 Å². The van der Waals surface area contributed by atoms with E-state index in [4.69, 9.17) is 19.4 Å². The monoisotopic (exact) mass is 547 g/mol. The fourth-order valence-corrected chi connectivity index (χ4v) is 5.84. The van der Waals surface area contributed by atoms with Crippen LogP contribution in [0.4, 0.5) is 17.5 Å². The number of thiazole rings is 1. The van der Waals surface area contributed by atoms with Gasteiger partial charge in [-0.25, -0.2) is 4.98 Å². The number of fused-ring (bicyclic) bond motifs is 2. The second-order valence-corrected chi connectivity index (χ2v) is 10.6. The Morgan fingerprint density at radius 3 is 2.95 bits per heavy atom. The molecule has 3 N–H and O–H groups in total. The van der Waals surface area contributed by atoms with Crippen LogP contribution in [0.2, 0.25) is 0 Å². The number of aromatic amines is 1. The standard InChI is InChI=1S/C27H30N8O3S/c1-34-13-16-6-7-18(11-20(16)33-34)30-25(36)17-5-4-10-35(14-17)27-31-24(23-26(32-27)39-15-28-23)29-19-8-9-21(37-2)22(12-19)38-3/h6,8-9,11-13,15,17-18,33H,4-5,7,10,14H2,1-3H3,(H-,29,30,31,32,36)/p+1. The first-order valence-corrected chi connectivity index (χ1v) is 13.8. The maximum absolute atomic E-state index is 13.3. The zero-order valence-electron chi connectivity index (χ0n) is 22.1. The zero-order valence-corrected chi connectivity index (χ0v) is 22.9. The van der Waals surface area contributed by atoms with Crippen molar-refractivity contribution in [2.75, 3.05) is 37.5 Å². The summed E-state index contributed by atoms with van der Waals surface area (Å²) in [4.78, 5) is 30.3. The summed E-state index contributed by atoms with van der Waals surface area (Å²) < 4.78 is 12.7. The Morgan fingerprint density at radius 1 is 1.23 bits per heavy atom. The van der Waals surface area contributed by atoms with Crippen LogP contribution in [0.1, 0.15) is 19.3 Å². The number of benzene rings is 1. The fourth-order valence-electron chi connectivity index (χ4n) is 5.19. The van der Waals surface area contributed by atoms with Gasteiger partial charge >= 0.3 is 0 Å². The third kappa shape index (κ3) is 5.11. The second-order valence-electron chi connectivity index (χ2n) is 9.80. The molecule has 4 aromatic rings. The number of H-pyrrole nitrogens is 1. The quantitative estimate of drug-likeness (QED) is 0.297. The molecule has 0 bridgehead atoms. The first-order valence-electron chi connectivity index (χ1n) is 12.9. The third-order valence-electron chi connectivity index (χ3n) is 7.14. The number of methoxy groups -OCH3 is 2. The normalized spacial score (nSPS) is 18.6. The molecule has 4 heterocycles. The average Bonchev–Trinajstić information content (AvgIpc) is 3.58. The maximum atomic E-state index is 13.3. The number of hydrogen-bond donors (Lipinski definition) is 3. The summed E-state index contributed by atoms with van der Waals surface area (Å²) in [5.41, 5.74) is 3.26. The van der Waals surface area contributed by atoms with Gasteiger partial charge in [0.1, 0.15) is 10.9 Å². The predicted octanol–water partition coefficient (Wildman–Crippen LogP) is 1.37. The second kappa shape index (κ2) is 10.5. The van der Waals surface area contributed by atoms with Crippen LogP contribution in [0.3, 0.4) is 0 Å². The van der Waals surface area contributed by atoms with Gasteiger partial charge in [0.25, 0.3) is 0 Å². The van der Waals surface area contributed by atoms with Crippen LogP contribution < -0.4 is 40.3 Å². The summed E-state index contributed by atoms with van der Waals surface area (Å²) in [6.45, 7) is 1.35. The predicted molar refractivity (Wildman–Crippen MR) is 150 cm³/mol. The molecular weight excluding hydrogens is 516 g/mol. The van der Waals surface area contributed by atoms with E-state index < -0.39 is 0 Å². The lowest BCUT2D eigenvalue weighted by molar-refractivity contribution is -0.727. The minimum atomic E-state index is -0.142. The van der Waals surface area contributed by atoms with E-state index in [2.05, 4.69) is 44.0 Å². The highest BCUT2D eigenvalue weighted by atomic mass is 32.1. The average molecular weight is 548 g/mol. The van der Waals surface area contributed by atoms with E-state index in [9.17, 15) is 4.79 Å². The van der Waals surface area contributed by atoms with Crippen LogP contribution >= 0.6 is 11.3 Å². The van der Waals surface area contributed by atoms with Crippen LogP contribution in [0.15, 0.2) is 29.9 Å². The Bertz CT molecular complexity index is 1650. The Kier molecular flexibility index (Phi) is 6.77. The lowest BCUT2D eigenvalue weighted by atomic mass is 9.96. The number of piperidine rings is 1. The van der Waals surface area contributed by atoms with E-state index in [0.29, 0.717) is 35.3 Å². The number of aromatic nitrogens is 5. The summed E-state index contributed by atoms with van der Waals surface area (Å²) in [6, 6.07) is 5.57. The molecule has 2 atom stereocenters. The molecule has 1 aromatic carbocycles. The van der Waals surface area contributed by atoms with E-state index in [0.717, 1.165) is 41.7 Å². The van der Waals surface area contributed by atoms with Gasteiger partial charge in [0, 0.05) is 24.8 Å². The molecule has 1 aliphatic carbocycles. The van der Waals surface area contributed by atoms with Crippen molar-refractivity contribution in [3.63, 3.8) is 0 Å². The van der Waals surface area contributed by atoms with Gasteiger partial charge < -0.3 is 25.0 Å². The highest BCUT2D eigenvalue weighted by molar-refractivity contribution is 7.16. The minimum Gasteiger partial charge on any atom is -0.493 e. The molecule has 0 radical (unpaired) electrons. The Labute approximate surface area is 229 Å². The van der Waals surface area contributed by atoms with Crippen molar-refractivity contribution >= 4 is 57.2 Å². The number of rotatable bonds is 7. The molecule has 202 valence electrons. The van der Waals surface area contributed by atoms with Gasteiger partial charge in [-0.1, -0.05) is 6.08 Å². The number of ether oxygens (including phenoxy) is 2. The maximum Gasteiger partial charge on any atom is 0.228 e. The number of amides is 1. The Morgan fingerprint density at radius 2 is 2.10 bits per heavy atom. The number of anilines is 3. The van der Waals surface area contributed by atoms with E-state index >= 15 is 0 Å². The summed E-state index contributed by atoms with van der Waals surface area (Å²) in [6.07, 6.45) is 8.81. The van der Waals surface area contributed by atoms with E-state index in [1.807, 2.05) is 29.9 Å². The molecular formula is C27H31N8O3S+. The number of nitrogens with one attached hydrogen (secondary N) is 3. The number of carbonyl (C=O) groups excluding carboxylic acids is 1. The highest BCUT2D eigenvalue weighted by Gasteiger charge is 2.29. The molecule has 12 heteroatoms. The van der Waals surface area contributed by atoms with Crippen LogP contribution in [0, 0.1) is 5.92 Å². The van der Waals surface area contributed by atoms with Gasteiger partial charge in [-0.3, -0.25) is 4.79 Å². The van der Waals surface area contributed by atoms with Crippen LogP contribution in [0.5, 0.6) is 11.5 Å². The van der Waals surface area contributed by atoms with E-state index in [1.165, 1.54) is 16.6 Å². The van der Waals surface area contributed by atoms with Gasteiger partial charge in [-0.15, -0.1) is 16.0 Å². The molecule has 11 nitrogen and oxygen atoms in total. The van der Waals surface area contributed by atoms with E-state index in [1.54, 1.807) is 19.7 Å². The van der Waals surface area contributed by atoms with Crippen molar-refractivity contribution in [2.45, 2.75) is 25.3 Å². The van der Waals surface area contributed by atoms with E-state index in [-0.39, 0.29) is 17.9 Å². The topological polar surface area (TPSA) is 121 Å². The molecule has 1 amide bonds. The van der Waals surface area contributed by atoms with Gasteiger partial charge in [-0.05, 0) is 37.5 Å². The number of aryl methyl sites for hydroxylation is 1. The van der Waals surface area contributed by atoms with Gasteiger partial charge in [-0.2, -0.15) is 15.1 Å². The molecule has 6 rings (SSSR count). The number of hydrogen-bond acceptors (Lipinski definition) is 9. The van der Waals surface area contributed by atoms with Crippen molar-refractivity contribution in [3.05, 3.63) is 40.5 Å². The lowest BCUT2D eigenvalue weighted by Crippen LogP contribution is -2.47. The first kappa shape index (κ1) is 25.1. The molecule has 3 aromatic heterocycles. The number of carbonyl (C=O) groups is 1. The highest BCUT2D eigenvalue weighted by Crippen LogP contribution is 2.33. The van der Waals surface area contributed by atoms with Crippen molar-refractivity contribution < 1.29 is 19.0 Å². The molecule has 39 heavy (non-hydrogen) atoms. The van der Waals surface area contributed by atoms with Crippen molar-refractivity contribution in [1.82, 2.24) is 25.4 Å².